The summed E-state index contributed by atoms with van der Waals surface area (Å²) in [5.74, 6) is 0.920. The van der Waals surface area contributed by atoms with Gasteiger partial charge in [-0.25, -0.2) is 9.80 Å². The zero-order valence-corrected chi connectivity index (χ0v) is 5.07. The van der Waals surface area contributed by atoms with Crippen molar-refractivity contribution in [2.75, 3.05) is 12.3 Å². The standard InChI is InChI=1S/C3H7N3OS/c4-3(7)6-1-2-8-5-6/h5H,1-2H2,(H2,4,7). The lowest BCUT2D eigenvalue weighted by atomic mass is 10.7. The van der Waals surface area contributed by atoms with Gasteiger partial charge < -0.3 is 5.73 Å². The van der Waals surface area contributed by atoms with Crippen LogP contribution in [0.4, 0.5) is 4.79 Å². The second-order valence-electron chi connectivity index (χ2n) is 1.43. The molecule has 0 unspecified atom stereocenters. The minimum atomic E-state index is -0.407. The third kappa shape index (κ3) is 1.05. The first-order valence-corrected chi connectivity index (χ1v) is 3.23. The van der Waals surface area contributed by atoms with E-state index in [-0.39, 0.29) is 0 Å². The topological polar surface area (TPSA) is 58.4 Å². The maximum Gasteiger partial charge on any atom is 0.329 e. The van der Waals surface area contributed by atoms with Crippen molar-refractivity contribution < 1.29 is 4.79 Å². The van der Waals surface area contributed by atoms with Crippen LogP contribution in [-0.4, -0.2) is 23.3 Å². The van der Waals surface area contributed by atoms with E-state index < -0.39 is 6.03 Å². The summed E-state index contributed by atoms with van der Waals surface area (Å²) in [6.45, 7) is 0.708. The number of urea groups is 1. The molecule has 1 aliphatic rings. The van der Waals surface area contributed by atoms with Gasteiger partial charge >= 0.3 is 6.03 Å². The van der Waals surface area contributed by atoms with Crippen molar-refractivity contribution >= 4 is 18.0 Å². The molecule has 0 aliphatic carbocycles. The molecule has 1 rings (SSSR count). The molecule has 1 aliphatic heterocycles. The smallest absolute Gasteiger partial charge is 0.329 e. The van der Waals surface area contributed by atoms with Crippen LogP contribution in [0.1, 0.15) is 0 Å². The zero-order chi connectivity index (χ0) is 5.98. The summed E-state index contributed by atoms with van der Waals surface area (Å²) < 4.78 is 0. The number of carbonyl (C=O) groups is 1. The van der Waals surface area contributed by atoms with E-state index in [9.17, 15) is 4.79 Å². The van der Waals surface area contributed by atoms with Gasteiger partial charge in [0.15, 0.2) is 0 Å². The van der Waals surface area contributed by atoms with Crippen LogP contribution >= 0.6 is 11.9 Å². The van der Waals surface area contributed by atoms with Crippen LogP contribution in [0.3, 0.4) is 0 Å². The van der Waals surface area contributed by atoms with E-state index in [1.165, 1.54) is 17.0 Å². The molecule has 8 heavy (non-hydrogen) atoms. The van der Waals surface area contributed by atoms with Crippen molar-refractivity contribution in [3.05, 3.63) is 0 Å². The molecule has 0 aromatic rings. The number of amides is 2. The summed E-state index contributed by atoms with van der Waals surface area (Å²) >= 11 is 1.49. The van der Waals surface area contributed by atoms with Crippen molar-refractivity contribution in [1.29, 1.82) is 0 Å². The van der Waals surface area contributed by atoms with Gasteiger partial charge in [-0.15, -0.1) is 0 Å². The highest BCUT2D eigenvalue weighted by Gasteiger charge is 2.13. The highest BCUT2D eigenvalue weighted by molar-refractivity contribution is 7.97. The molecule has 0 saturated carbocycles. The molecule has 1 heterocycles. The van der Waals surface area contributed by atoms with Crippen molar-refractivity contribution in [2.45, 2.75) is 0 Å². The Bertz CT molecular complexity index is 101. The SMILES string of the molecule is NC(=O)N1CCSN1. The van der Waals surface area contributed by atoms with E-state index in [2.05, 4.69) is 4.83 Å². The van der Waals surface area contributed by atoms with Crippen molar-refractivity contribution in [3.63, 3.8) is 0 Å². The number of rotatable bonds is 0. The number of hydrogen-bond donors (Lipinski definition) is 2. The number of hydrogen-bond acceptors (Lipinski definition) is 3. The van der Waals surface area contributed by atoms with Gasteiger partial charge in [-0.3, -0.25) is 0 Å². The maximum atomic E-state index is 10.3. The molecule has 0 bridgehead atoms. The first-order valence-electron chi connectivity index (χ1n) is 2.25. The largest absolute Gasteiger partial charge is 0.350 e. The molecule has 0 atom stereocenters. The van der Waals surface area contributed by atoms with Crippen LogP contribution in [0.15, 0.2) is 0 Å². The molecule has 4 nitrogen and oxygen atoms in total. The van der Waals surface area contributed by atoms with Crippen LogP contribution < -0.4 is 10.6 Å². The monoisotopic (exact) mass is 133 g/mol. The lowest BCUT2D eigenvalue weighted by Crippen LogP contribution is -2.39. The fourth-order valence-corrected chi connectivity index (χ4v) is 1.16. The van der Waals surface area contributed by atoms with Crippen LogP contribution in [0, 0.1) is 0 Å². The molecular formula is C3H7N3OS. The Kier molecular flexibility index (Phi) is 1.59. The first-order chi connectivity index (χ1) is 3.80. The van der Waals surface area contributed by atoms with Gasteiger partial charge in [0, 0.05) is 5.75 Å². The molecule has 1 saturated heterocycles. The van der Waals surface area contributed by atoms with E-state index in [0.29, 0.717) is 6.54 Å². The Morgan fingerprint density at radius 3 is 2.88 bits per heavy atom. The van der Waals surface area contributed by atoms with E-state index in [0.717, 1.165) is 5.75 Å². The highest BCUT2D eigenvalue weighted by Crippen LogP contribution is 2.04. The van der Waals surface area contributed by atoms with E-state index in [1.54, 1.807) is 0 Å². The second-order valence-corrected chi connectivity index (χ2v) is 2.31. The molecule has 0 radical (unpaired) electrons. The number of nitrogens with two attached hydrogens (primary N) is 1. The van der Waals surface area contributed by atoms with Gasteiger partial charge in [0.25, 0.3) is 0 Å². The van der Waals surface area contributed by atoms with Crippen molar-refractivity contribution in [2.24, 2.45) is 5.73 Å². The van der Waals surface area contributed by atoms with Crippen LogP contribution in [0.5, 0.6) is 0 Å². The lowest BCUT2D eigenvalue weighted by Gasteiger charge is -2.08. The zero-order valence-electron chi connectivity index (χ0n) is 4.26. The number of carbonyl (C=O) groups excluding carboxylic acids is 1. The minimum absolute atomic E-state index is 0.407. The molecule has 2 amide bonds. The second kappa shape index (κ2) is 2.23. The molecular weight excluding hydrogens is 126 g/mol. The molecule has 46 valence electrons. The Morgan fingerprint density at radius 1 is 1.88 bits per heavy atom. The molecule has 1 fully saturated rings. The van der Waals surface area contributed by atoms with Crippen LogP contribution in [0.25, 0.3) is 0 Å². The number of hydrazine groups is 1. The average molecular weight is 133 g/mol. The highest BCUT2D eigenvalue weighted by atomic mass is 32.2. The average Bonchev–Trinajstić information content (AvgIpc) is 2.12. The van der Waals surface area contributed by atoms with Crippen LogP contribution in [0.2, 0.25) is 0 Å². The fourth-order valence-electron chi connectivity index (χ4n) is 0.461. The Balaban J connectivity index is 2.35. The summed E-state index contributed by atoms with van der Waals surface area (Å²) in [5, 5.41) is 1.38. The summed E-state index contributed by atoms with van der Waals surface area (Å²) in [5.41, 5.74) is 4.91. The molecule has 0 aromatic heterocycles. The molecule has 0 spiro atoms. The Morgan fingerprint density at radius 2 is 2.62 bits per heavy atom. The quantitative estimate of drug-likeness (QED) is 0.439. The van der Waals surface area contributed by atoms with Gasteiger partial charge in [-0.05, 0) is 0 Å². The summed E-state index contributed by atoms with van der Waals surface area (Å²) in [7, 11) is 0. The summed E-state index contributed by atoms with van der Waals surface area (Å²) in [6, 6.07) is -0.407. The van der Waals surface area contributed by atoms with Gasteiger partial charge in [-0.1, -0.05) is 11.9 Å². The third-order valence-corrected chi connectivity index (χ3v) is 1.59. The summed E-state index contributed by atoms with van der Waals surface area (Å²) in [6.07, 6.45) is 0. The van der Waals surface area contributed by atoms with Crippen molar-refractivity contribution in [1.82, 2.24) is 9.84 Å². The number of primary amides is 1. The molecule has 5 heteroatoms. The van der Waals surface area contributed by atoms with Crippen LogP contribution in [-0.2, 0) is 0 Å². The van der Waals surface area contributed by atoms with Gasteiger partial charge in [0.05, 0.1) is 6.54 Å². The third-order valence-electron chi connectivity index (χ3n) is 0.858. The molecule has 0 aromatic carbocycles. The molecule has 3 N–H and O–H groups in total. The minimum Gasteiger partial charge on any atom is -0.350 e. The van der Waals surface area contributed by atoms with Gasteiger partial charge in [0.2, 0.25) is 0 Å². The van der Waals surface area contributed by atoms with E-state index >= 15 is 0 Å². The normalized spacial score (nSPS) is 19.2. The predicted molar refractivity (Wildman–Crippen MR) is 31.9 cm³/mol. The van der Waals surface area contributed by atoms with Gasteiger partial charge in [0.1, 0.15) is 0 Å². The fraction of sp³-hybridized carbons (Fsp3) is 0.667. The Labute approximate surface area is 51.5 Å². The van der Waals surface area contributed by atoms with Gasteiger partial charge in [-0.2, -0.15) is 4.83 Å². The predicted octanol–water partition coefficient (Wildman–Crippen LogP) is -0.466. The Hall–Kier alpha value is -0.420. The number of nitrogens with one attached hydrogen (secondary N) is 1. The summed E-state index contributed by atoms with van der Waals surface area (Å²) in [4.78, 5) is 13.0. The van der Waals surface area contributed by atoms with E-state index in [4.69, 9.17) is 5.73 Å². The maximum absolute atomic E-state index is 10.3. The first kappa shape index (κ1) is 5.71. The lowest BCUT2D eigenvalue weighted by molar-refractivity contribution is 0.208. The van der Waals surface area contributed by atoms with E-state index in [1.807, 2.05) is 0 Å². The number of nitrogens with zero attached hydrogens (tertiary/aromatic N) is 1. The van der Waals surface area contributed by atoms with Crippen molar-refractivity contribution in [3.8, 4) is 0 Å².